The van der Waals surface area contributed by atoms with E-state index in [0.29, 0.717) is 22.4 Å². The first kappa shape index (κ1) is 16.5. The molecule has 2 N–H and O–H groups in total. The van der Waals surface area contributed by atoms with Gasteiger partial charge in [0.25, 0.3) is 0 Å². The smallest absolute Gasteiger partial charge is 0.179 e. The Kier molecular flexibility index (Phi) is 3.84. The molecule has 3 heterocycles. The summed E-state index contributed by atoms with van der Waals surface area (Å²) in [5, 5.41) is 17.9. The van der Waals surface area contributed by atoms with Crippen molar-refractivity contribution in [2.75, 3.05) is 12.4 Å². The van der Waals surface area contributed by atoms with Gasteiger partial charge < -0.3 is 14.5 Å². The monoisotopic (exact) mass is 391 g/mol. The van der Waals surface area contributed by atoms with Gasteiger partial charge in [-0.25, -0.2) is 10.1 Å². The number of benzene rings is 2. The molecule has 138 valence electrons. The molecule has 0 unspecified atom stereocenters. The van der Waals surface area contributed by atoms with Crippen LogP contribution in [0.15, 0.2) is 54.7 Å². The van der Waals surface area contributed by atoms with Gasteiger partial charge in [0.2, 0.25) is 0 Å². The highest BCUT2D eigenvalue weighted by atomic mass is 35.5. The molecule has 0 spiro atoms. The first-order valence-electron chi connectivity index (χ1n) is 8.48. The lowest BCUT2D eigenvalue weighted by molar-refractivity contribution is 0.415. The summed E-state index contributed by atoms with van der Waals surface area (Å²) in [6, 6.07) is 15.4. The molecule has 0 amide bonds. The van der Waals surface area contributed by atoms with Crippen LogP contribution in [0, 0.1) is 0 Å². The van der Waals surface area contributed by atoms with Crippen LogP contribution in [0.25, 0.3) is 27.9 Å². The van der Waals surface area contributed by atoms with Crippen molar-refractivity contribution >= 4 is 39.7 Å². The molecule has 0 aliphatic rings. The third-order valence-corrected chi connectivity index (χ3v) is 4.79. The van der Waals surface area contributed by atoms with Gasteiger partial charge in [-0.3, -0.25) is 0 Å². The molecular formula is C19H14ClN7O. The van der Waals surface area contributed by atoms with Crippen LogP contribution in [0.3, 0.4) is 0 Å². The van der Waals surface area contributed by atoms with Crippen LogP contribution < -0.4 is 10.1 Å². The van der Waals surface area contributed by atoms with Gasteiger partial charge in [0.15, 0.2) is 11.6 Å². The quantitative estimate of drug-likeness (QED) is 0.479. The van der Waals surface area contributed by atoms with Crippen LogP contribution in [0.5, 0.6) is 5.75 Å². The maximum atomic E-state index is 6.25. The van der Waals surface area contributed by atoms with Crippen LogP contribution in [0.4, 0.5) is 11.5 Å². The Morgan fingerprint density at radius 1 is 1.11 bits per heavy atom. The summed E-state index contributed by atoms with van der Waals surface area (Å²) in [6.45, 7) is 0. The van der Waals surface area contributed by atoms with Gasteiger partial charge in [-0.15, -0.1) is 5.10 Å². The minimum absolute atomic E-state index is 0.528. The third kappa shape index (κ3) is 2.71. The molecule has 8 nitrogen and oxygen atoms in total. The predicted molar refractivity (Wildman–Crippen MR) is 107 cm³/mol. The van der Waals surface area contributed by atoms with E-state index in [1.54, 1.807) is 7.11 Å². The number of fused-ring (bicyclic) bond motifs is 3. The number of tetrazole rings is 1. The lowest BCUT2D eigenvalue weighted by Gasteiger charge is -2.12. The number of hydrogen-bond acceptors (Lipinski definition) is 6. The minimum Gasteiger partial charge on any atom is -0.495 e. The van der Waals surface area contributed by atoms with Gasteiger partial charge in [0.1, 0.15) is 5.75 Å². The molecule has 9 heteroatoms. The van der Waals surface area contributed by atoms with E-state index in [4.69, 9.17) is 21.3 Å². The average Bonchev–Trinajstić information content (AvgIpc) is 3.40. The van der Waals surface area contributed by atoms with Gasteiger partial charge in [-0.05, 0) is 59.0 Å². The zero-order valence-electron chi connectivity index (χ0n) is 14.7. The molecule has 0 aliphatic carbocycles. The summed E-state index contributed by atoms with van der Waals surface area (Å²) in [5.74, 6) is 1.93. The predicted octanol–water partition coefficient (Wildman–Crippen LogP) is 4.07. The number of rotatable bonds is 4. The van der Waals surface area contributed by atoms with Crippen LogP contribution in [-0.2, 0) is 0 Å². The second-order valence-electron chi connectivity index (χ2n) is 6.15. The van der Waals surface area contributed by atoms with Crippen molar-refractivity contribution in [3.8, 4) is 17.1 Å². The number of anilines is 2. The van der Waals surface area contributed by atoms with Crippen molar-refractivity contribution < 1.29 is 4.74 Å². The molecule has 5 rings (SSSR count). The van der Waals surface area contributed by atoms with E-state index in [0.717, 1.165) is 27.8 Å². The minimum atomic E-state index is 0.528. The highest BCUT2D eigenvalue weighted by Gasteiger charge is 2.11. The van der Waals surface area contributed by atoms with Crippen molar-refractivity contribution in [1.29, 1.82) is 0 Å². The van der Waals surface area contributed by atoms with E-state index < -0.39 is 0 Å². The lowest BCUT2D eigenvalue weighted by Crippen LogP contribution is -2.00. The van der Waals surface area contributed by atoms with E-state index in [-0.39, 0.29) is 0 Å². The van der Waals surface area contributed by atoms with Crippen molar-refractivity contribution in [3.05, 3.63) is 59.8 Å². The standard InChI is InChI=1S/C19H14ClN7O/c1-28-17-7-5-12(10-13(17)20)21-19-16-3-2-8-27(16)15-6-4-11(9-14(15)22-19)18-23-25-26-24-18/h2-10H,1H3,(H,21,22)(H,23,24,25,26). The summed E-state index contributed by atoms with van der Waals surface area (Å²) in [4.78, 5) is 4.82. The van der Waals surface area contributed by atoms with Crippen LogP contribution >= 0.6 is 11.6 Å². The van der Waals surface area contributed by atoms with Gasteiger partial charge >= 0.3 is 0 Å². The van der Waals surface area contributed by atoms with E-state index in [1.807, 2.05) is 54.7 Å². The zero-order valence-corrected chi connectivity index (χ0v) is 15.5. The van der Waals surface area contributed by atoms with Gasteiger partial charge in [0, 0.05) is 17.4 Å². The largest absolute Gasteiger partial charge is 0.495 e. The second kappa shape index (κ2) is 6.50. The van der Waals surface area contributed by atoms with E-state index >= 15 is 0 Å². The molecule has 0 aliphatic heterocycles. The Hall–Kier alpha value is -3.65. The fourth-order valence-electron chi connectivity index (χ4n) is 3.18. The molecule has 3 aromatic heterocycles. The first-order chi connectivity index (χ1) is 13.7. The molecular weight excluding hydrogens is 378 g/mol. The number of H-pyrrole nitrogens is 1. The van der Waals surface area contributed by atoms with Gasteiger partial charge in [0.05, 0.1) is 28.7 Å². The van der Waals surface area contributed by atoms with Gasteiger partial charge in [-0.1, -0.05) is 11.6 Å². The second-order valence-corrected chi connectivity index (χ2v) is 6.56. The molecule has 0 atom stereocenters. The number of hydrogen-bond donors (Lipinski definition) is 2. The lowest BCUT2D eigenvalue weighted by atomic mass is 10.2. The summed E-state index contributed by atoms with van der Waals surface area (Å²) < 4.78 is 7.30. The Morgan fingerprint density at radius 2 is 2.04 bits per heavy atom. The third-order valence-electron chi connectivity index (χ3n) is 4.49. The number of nitrogens with one attached hydrogen (secondary N) is 2. The Morgan fingerprint density at radius 3 is 2.82 bits per heavy atom. The number of nitrogens with zero attached hydrogens (tertiary/aromatic N) is 5. The van der Waals surface area contributed by atoms with E-state index in [2.05, 4.69) is 30.3 Å². The van der Waals surface area contributed by atoms with Crippen molar-refractivity contribution in [2.45, 2.75) is 0 Å². The average molecular weight is 392 g/mol. The highest BCUT2D eigenvalue weighted by molar-refractivity contribution is 6.32. The maximum absolute atomic E-state index is 6.25. The highest BCUT2D eigenvalue weighted by Crippen LogP contribution is 2.31. The summed E-state index contributed by atoms with van der Waals surface area (Å²) in [6.07, 6.45) is 2.00. The van der Waals surface area contributed by atoms with Crippen molar-refractivity contribution in [1.82, 2.24) is 30.0 Å². The molecule has 0 fully saturated rings. The fraction of sp³-hybridized carbons (Fsp3) is 0.0526. The topological polar surface area (TPSA) is 93.0 Å². The summed E-state index contributed by atoms with van der Waals surface area (Å²) >= 11 is 6.25. The molecule has 0 bridgehead atoms. The summed E-state index contributed by atoms with van der Waals surface area (Å²) in [7, 11) is 1.59. The van der Waals surface area contributed by atoms with Crippen molar-refractivity contribution in [3.63, 3.8) is 0 Å². The Balaban J connectivity index is 1.64. The Labute approximate surface area is 164 Å². The molecule has 0 saturated carbocycles. The fourth-order valence-corrected chi connectivity index (χ4v) is 3.44. The van der Waals surface area contributed by atoms with Crippen LogP contribution in [0.2, 0.25) is 5.02 Å². The molecule has 28 heavy (non-hydrogen) atoms. The van der Waals surface area contributed by atoms with Gasteiger partial charge in [-0.2, -0.15) is 0 Å². The zero-order chi connectivity index (χ0) is 19.1. The molecule has 0 saturated heterocycles. The van der Waals surface area contributed by atoms with Crippen molar-refractivity contribution in [2.24, 2.45) is 0 Å². The number of methoxy groups -OCH3 is 1. The first-order valence-corrected chi connectivity index (χ1v) is 8.86. The summed E-state index contributed by atoms with van der Waals surface area (Å²) in [5.41, 5.74) is 4.41. The maximum Gasteiger partial charge on any atom is 0.179 e. The number of aromatic amines is 1. The molecule has 2 aromatic carbocycles. The molecule has 5 aromatic rings. The van der Waals surface area contributed by atoms with Crippen LogP contribution in [-0.4, -0.2) is 37.1 Å². The van der Waals surface area contributed by atoms with E-state index in [9.17, 15) is 0 Å². The normalized spacial score (nSPS) is 11.2. The SMILES string of the molecule is COc1ccc(Nc2nc3cc(-c4nnn[nH]4)ccc3n3cccc23)cc1Cl. The number of halogens is 1. The Bertz CT molecular complexity index is 1300. The number of aromatic nitrogens is 6. The molecule has 0 radical (unpaired) electrons. The van der Waals surface area contributed by atoms with Crippen LogP contribution in [0.1, 0.15) is 0 Å². The van der Waals surface area contributed by atoms with E-state index in [1.165, 1.54) is 0 Å². The number of ether oxygens (including phenoxy) is 1.